The number of carbonyl (C=O) groups is 2. The zero-order valence-corrected chi connectivity index (χ0v) is 19.0. The average Bonchev–Trinajstić information content (AvgIpc) is 3.26. The first-order valence-corrected chi connectivity index (χ1v) is 11.5. The molecule has 7 heteroatoms. The van der Waals surface area contributed by atoms with E-state index in [1.165, 1.54) is 13.2 Å². The maximum absolute atomic E-state index is 13.6. The third-order valence-electron chi connectivity index (χ3n) is 6.54. The molecule has 170 valence electrons. The van der Waals surface area contributed by atoms with Crippen LogP contribution in [0.3, 0.4) is 0 Å². The molecule has 0 saturated carbocycles. The smallest absolute Gasteiger partial charge is 0.257 e. The topological polar surface area (TPSA) is 49.9 Å². The van der Waals surface area contributed by atoms with Crippen LogP contribution in [0.15, 0.2) is 42.5 Å². The number of hydrogen-bond acceptors (Lipinski definition) is 3. The molecule has 1 atom stereocenters. The van der Waals surface area contributed by atoms with Crippen LogP contribution >= 0.6 is 11.6 Å². The van der Waals surface area contributed by atoms with Crippen molar-refractivity contribution in [2.45, 2.75) is 38.1 Å². The molecule has 5 nitrogen and oxygen atoms in total. The number of likely N-dealkylation sites (tertiary alicyclic amines) is 2. The van der Waals surface area contributed by atoms with Crippen molar-refractivity contribution >= 4 is 23.4 Å². The first-order chi connectivity index (χ1) is 15.5. The lowest BCUT2D eigenvalue weighted by Gasteiger charge is -2.35. The summed E-state index contributed by atoms with van der Waals surface area (Å²) in [6.45, 7) is 1.79. The zero-order valence-electron chi connectivity index (χ0n) is 18.2. The number of halogens is 2. The number of nitrogens with zero attached hydrogens (tertiary/aromatic N) is 2. The molecule has 1 unspecified atom stereocenters. The van der Waals surface area contributed by atoms with Crippen molar-refractivity contribution in [3.63, 3.8) is 0 Å². The average molecular weight is 459 g/mol. The van der Waals surface area contributed by atoms with E-state index in [4.69, 9.17) is 16.3 Å². The Morgan fingerprint density at radius 2 is 1.88 bits per heavy atom. The largest absolute Gasteiger partial charge is 0.496 e. The standard InChI is InChI=1S/C25H28ClFN2O3/c1-32-23-8-7-19(26)16-22(23)25(31)28-12-9-18(10-13-28)24(30)29-11-3-6-21(29)15-17-4-2-5-20(27)14-17/h2,4-5,7-8,14,16,18,21H,3,6,9-13,15H2,1H3. The second-order valence-electron chi connectivity index (χ2n) is 8.57. The van der Waals surface area contributed by atoms with Gasteiger partial charge in [0.15, 0.2) is 0 Å². The molecule has 0 aliphatic carbocycles. The van der Waals surface area contributed by atoms with Crippen LogP contribution in [0.2, 0.25) is 5.02 Å². The summed E-state index contributed by atoms with van der Waals surface area (Å²) in [5.74, 6) is 0.201. The Morgan fingerprint density at radius 1 is 1.09 bits per heavy atom. The van der Waals surface area contributed by atoms with Gasteiger partial charge in [-0.1, -0.05) is 23.7 Å². The fraction of sp³-hybridized carbons (Fsp3) is 0.440. The fourth-order valence-electron chi connectivity index (χ4n) is 4.86. The van der Waals surface area contributed by atoms with E-state index in [0.717, 1.165) is 24.9 Å². The summed E-state index contributed by atoms with van der Waals surface area (Å²) in [7, 11) is 1.53. The lowest BCUT2D eigenvalue weighted by atomic mass is 9.93. The van der Waals surface area contributed by atoms with Gasteiger partial charge in [-0.3, -0.25) is 9.59 Å². The molecule has 2 fully saturated rings. The number of amides is 2. The molecule has 2 amide bonds. The lowest BCUT2D eigenvalue weighted by Crippen LogP contribution is -2.46. The summed E-state index contributed by atoms with van der Waals surface area (Å²) in [6.07, 6.45) is 3.86. The van der Waals surface area contributed by atoms with Gasteiger partial charge in [0.05, 0.1) is 12.7 Å². The summed E-state index contributed by atoms with van der Waals surface area (Å²) in [6, 6.07) is 11.7. The maximum Gasteiger partial charge on any atom is 0.257 e. The minimum atomic E-state index is -0.244. The first-order valence-electron chi connectivity index (χ1n) is 11.1. The van der Waals surface area contributed by atoms with Crippen molar-refractivity contribution in [1.29, 1.82) is 0 Å². The van der Waals surface area contributed by atoms with Crippen LogP contribution in [0, 0.1) is 11.7 Å². The third kappa shape index (κ3) is 4.90. The van der Waals surface area contributed by atoms with Crippen molar-refractivity contribution in [2.75, 3.05) is 26.7 Å². The number of ether oxygens (including phenoxy) is 1. The van der Waals surface area contributed by atoms with Crippen molar-refractivity contribution in [3.05, 3.63) is 64.4 Å². The van der Waals surface area contributed by atoms with Crippen LogP contribution in [-0.2, 0) is 11.2 Å². The minimum Gasteiger partial charge on any atom is -0.496 e. The van der Waals surface area contributed by atoms with E-state index >= 15 is 0 Å². The van der Waals surface area contributed by atoms with Gasteiger partial charge in [0, 0.05) is 36.6 Å². The predicted octanol–water partition coefficient (Wildman–Crippen LogP) is 4.57. The number of hydrogen-bond donors (Lipinski definition) is 0. The van der Waals surface area contributed by atoms with Gasteiger partial charge in [-0.15, -0.1) is 0 Å². The highest BCUT2D eigenvalue weighted by Gasteiger charge is 2.36. The summed E-state index contributed by atoms with van der Waals surface area (Å²) in [4.78, 5) is 30.0. The fourth-order valence-corrected chi connectivity index (χ4v) is 5.03. The Balaban J connectivity index is 1.37. The number of carbonyl (C=O) groups excluding carboxylic acids is 2. The first kappa shape index (κ1) is 22.6. The number of rotatable bonds is 5. The number of benzene rings is 2. The van der Waals surface area contributed by atoms with Gasteiger partial charge in [-0.05, 0) is 68.0 Å². The Hall–Kier alpha value is -2.60. The van der Waals surface area contributed by atoms with E-state index in [9.17, 15) is 14.0 Å². The number of piperidine rings is 1. The van der Waals surface area contributed by atoms with Crippen LogP contribution in [0.5, 0.6) is 5.75 Å². The van der Waals surface area contributed by atoms with Gasteiger partial charge in [0.1, 0.15) is 11.6 Å². The second-order valence-corrected chi connectivity index (χ2v) is 9.01. The molecular weight excluding hydrogens is 431 g/mol. The summed E-state index contributed by atoms with van der Waals surface area (Å²) in [5.41, 5.74) is 1.37. The van der Waals surface area contributed by atoms with Gasteiger partial charge < -0.3 is 14.5 Å². The highest BCUT2D eigenvalue weighted by atomic mass is 35.5. The Morgan fingerprint density at radius 3 is 2.59 bits per heavy atom. The predicted molar refractivity (Wildman–Crippen MR) is 121 cm³/mol. The van der Waals surface area contributed by atoms with E-state index in [2.05, 4.69) is 0 Å². The van der Waals surface area contributed by atoms with Crippen molar-refractivity contribution < 1.29 is 18.7 Å². The van der Waals surface area contributed by atoms with Crippen LogP contribution in [0.25, 0.3) is 0 Å². The van der Waals surface area contributed by atoms with E-state index in [0.29, 0.717) is 48.7 Å². The van der Waals surface area contributed by atoms with Crippen LogP contribution < -0.4 is 4.74 Å². The van der Waals surface area contributed by atoms with E-state index in [-0.39, 0.29) is 29.6 Å². The zero-order chi connectivity index (χ0) is 22.7. The molecule has 0 aromatic heterocycles. The normalized spacial score (nSPS) is 19.3. The Labute approximate surface area is 193 Å². The summed E-state index contributed by atoms with van der Waals surface area (Å²) in [5, 5.41) is 0.484. The molecule has 2 aliphatic rings. The van der Waals surface area contributed by atoms with Gasteiger partial charge in [0.25, 0.3) is 5.91 Å². The molecule has 4 rings (SSSR count). The maximum atomic E-state index is 13.6. The Kier molecular flexibility index (Phi) is 6.99. The molecule has 0 N–H and O–H groups in total. The van der Waals surface area contributed by atoms with Gasteiger partial charge in [-0.25, -0.2) is 4.39 Å². The highest BCUT2D eigenvalue weighted by molar-refractivity contribution is 6.31. The Bertz CT molecular complexity index is 991. The quantitative estimate of drug-likeness (QED) is 0.659. The second kappa shape index (κ2) is 9.90. The van der Waals surface area contributed by atoms with Gasteiger partial charge >= 0.3 is 0 Å². The van der Waals surface area contributed by atoms with Crippen LogP contribution in [0.4, 0.5) is 4.39 Å². The van der Waals surface area contributed by atoms with Crippen molar-refractivity contribution in [2.24, 2.45) is 5.92 Å². The molecule has 2 aliphatic heterocycles. The molecule has 0 radical (unpaired) electrons. The molecule has 2 heterocycles. The highest BCUT2D eigenvalue weighted by Crippen LogP contribution is 2.29. The van der Waals surface area contributed by atoms with E-state index < -0.39 is 0 Å². The van der Waals surface area contributed by atoms with Crippen LogP contribution in [0.1, 0.15) is 41.6 Å². The molecule has 0 bridgehead atoms. The molecule has 32 heavy (non-hydrogen) atoms. The van der Waals surface area contributed by atoms with E-state index in [1.807, 2.05) is 11.0 Å². The van der Waals surface area contributed by atoms with Gasteiger partial charge in [-0.2, -0.15) is 0 Å². The lowest BCUT2D eigenvalue weighted by molar-refractivity contribution is -0.137. The molecule has 2 aromatic carbocycles. The van der Waals surface area contributed by atoms with Crippen molar-refractivity contribution in [1.82, 2.24) is 9.80 Å². The molecule has 2 saturated heterocycles. The third-order valence-corrected chi connectivity index (χ3v) is 6.78. The monoisotopic (exact) mass is 458 g/mol. The molecule has 0 spiro atoms. The summed E-state index contributed by atoms with van der Waals surface area (Å²) >= 11 is 6.08. The number of methoxy groups -OCH3 is 1. The molecular formula is C25H28ClFN2O3. The SMILES string of the molecule is COc1ccc(Cl)cc1C(=O)N1CCC(C(=O)N2CCCC2Cc2cccc(F)c2)CC1. The minimum absolute atomic E-state index is 0.0894. The summed E-state index contributed by atoms with van der Waals surface area (Å²) < 4.78 is 18.9. The van der Waals surface area contributed by atoms with Crippen LogP contribution in [-0.4, -0.2) is 54.4 Å². The van der Waals surface area contributed by atoms with Crippen molar-refractivity contribution in [3.8, 4) is 5.75 Å². The van der Waals surface area contributed by atoms with Gasteiger partial charge in [0.2, 0.25) is 5.91 Å². The molecule has 2 aromatic rings. The van der Waals surface area contributed by atoms with E-state index in [1.54, 1.807) is 35.2 Å².